The zero-order valence-corrected chi connectivity index (χ0v) is 18.9. The third kappa shape index (κ3) is 2.67. The van der Waals surface area contributed by atoms with E-state index in [1.54, 1.807) is 0 Å². The SMILES string of the molecule is CC(C)(C)c1cc(-c2nccc3c2sc2cc4ccsc4cc23)cc2ccsc12. The van der Waals surface area contributed by atoms with Crippen LogP contribution in [0.4, 0.5) is 0 Å². The summed E-state index contributed by atoms with van der Waals surface area (Å²) in [4.78, 5) is 4.86. The number of rotatable bonds is 1. The maximum Gasteiger partial charge on any atom is 0.0880 e. The Labute approximate surface area is 181 Å². The molecule has 0 atom stereocenters. The van der Waals surface area contributed by atoms with Crippen LogP contribution in [0, 0.1) is 0 Å². The van der Waals surface area contributed by atoms with Crippen molar-refractivity contribution in [2.45, 2.75) is 26.2 Å². The number of pyridine rings is 1. The van der Waals surface area contributed by atoms with Crippen molar-refractivity contribution in [3.8, 4) is 11.3 Å². The zero-order valence-electron chi connectivity index (χ0n) is 16.4. The van der Waals surface area contributed by atoms with E-state index in [1.807, 2.05) is 40.2 Å². The first-order valence-corrected chi connectivity index (χ1v) is 12.3. The molecule has 0 unspecified atom stereocenters. The number of fused-ring (bicyclic) bond motifs is 5. The van der Waals surface area contributed by atoms with Crippen LogP contribution in [-0.4, -0.2) is 4.98 Å². The summed E-state index contributed by atoms with van der Waals surface area (Å²) in [6.07, 6.45) is 1.97. The van der Waals surface area contributed by atoms with E-state index in [4.69, 9.17) is 4.98 Å². The third-order valence-corrected chi connectivity index (χ3v) is 8.61. The fraction of sp³-hybridized carbons (Fsp3) is 0.160. The largest absolute Gasteiger partial charge is 0.255 e. The minimum absolute atomic E-state index is 0.0948. The standard InChI is InChI=1S/C25H19NS3/c1-25(2,3)19-11-16(10-15-6-9-28-23(15)19)22-24-17(4-7-26-22)18-13-20-14(5-8-27-20)12-21(18)29-24/h4-13H,1-3H3. The number of nitrogens with zero attached hydrogens (tertiary/aromatic N) is 1. The summed E-state index contributed by atoms with van der Waals surface area (Å²) in [6, 6.07) is 16.0. The van der Waals surface area contributed by atoms with Gasteiger partial charge < -0.3 is 0 Å². The van der Waals surface area contributed by atoms with Gasteiger partial charge >= 0.3 is 0 Å². The normalized spacial score (nSPS) is 12.7. The highest BCUT2D eigenvalue weighted by Crippen LogP contribution is 2.43. The lowest BCUT2D eigenvalue weighted by atomic mass is 9.85. The Hall–Kier alpha value is -2.27. The quantitative estimate of drug-likeness (QED) is 0.254. The van der Waals surface area contributed by atoms with Crippen LogP contribution in [0.3, 0.4) is 0 Å². The summed E-state index contributed by atoms with van der Waals surface area (Å²) >= 11 is 5.52. The predicted octanol–water partition coefficient (Wildman–Crippen LogP) is 8.84. The zero-order chi connectivity index (χ0) is 19.8. The Kier molecular flexibility index (Phi) is 3.71. The number of thiophene rings is 3. The lowest BCUT2D eigenvalue weighted by Gasteiger charge is -2.21. The van der Waals surface area contributed by atoms with Gasteiger partial charge in [0.2, 0.25) is 0 Å². The summed E-state index contributed by atoms with van der Waals surface area (Å²) < 4.78 is 5.37. The van der Waals surface area contributed by atoms with Gasteiger partial charge in [0.25, 0.3) is 0 Å². The van der Waals surface area contributed by atoms with Crippen LogP contribution in [0.2, 0.25) is 0 Å². The summed E-state index contributed by atoms with van der Waals surface area (Å²) in [5.74, 6) is 0. The first-order chi connectivity index (χ1) is 14.0. The molecule has 2 aromatic carbocycles. The van der Waals surface area contributed by atoms with E-state index < -0.39 is 0 Å². The Balaban J connectivity index is 1.68. The molecule has 6 rings (SSSR count). The van der Waals surface area contributed by atoms with Gasteiger partial charge in [-0.3, -0.25) is 4.98 Å². The van der Waals surface area contributed by atoms with Gasteiger partial charge in [-0.15, -0.1) is 34.0 Å². The Morgan fingerprint density at radius 1 is 0.759 bits per heavy atom. The number of hydrogen-bond acceptors (Lipinski definition) is 4. The molecule has 6 aromatic rings. The van der Waals surface area contributed by atoms with Crippen molar-refractivity contribution in [1.29, 1.82) is 0 Å². The molecule has 0 saturated heterocycles. The van der Waals surface area contributed by atoms with E-state index in [9.17, 15) is 0 Å². The van der Waals surface area contributed by atoms with Crippen molar-refractivity contribution >= 4 is 74.4 Å². The number of aromatic nitrogens is 1. The fourth-order valence-corrected chi connectivity index (χ4v) is 7.29. The molecule has 0 aliphatic heterocycles. The number of hydrogen-bond donors (Lipinski definition) is 0. The van der Waals surface area contributed by atoms with Gasteiger partial charge in [0.05, 0.1) is 10.4 Å². The first-order valence-electron chi connectivity index (χ1n) is 9.70. The molecular weight excluding hydrogens is 410 g/mol. The van der Waals surface area contributed by atoms with Gasteiger partial charge in [-0.1, -0.05) is 20.8 Å². The monoisotopic (exact) mass is 429 g/mol. The lowest BCUT2D eigenvalue weighted by molar-refractivity contribution is 0.597. The summed E-state index contributed by atoms with van der Waals surface area (Å²) in [7, 11) is 0. The van der Waals surface area contributed by atoms with E-state index in [0.717, 1.165) is 5.69 Å². The highest BCUT2D eigenvalue weighted by atomic mass is 32.1. The lowest BCUT2D eigenvalue weighted by Crippen LogP contribution is -2.11. The van der Waals surface area contributed by atoms with Crippen molar-refractivity contribution in [2.75, 3.05) is 0 Å². The summed E-state index contributed by atoms with van der Waals surface area (Å²) in [5, 5.41) is 9.68. The second-order valence-corrected chi connectivity index (χ2v) is 11.5. The van der Waals surface area contributed by atoms with Gasteiger partial charge in [-0.2, -0.15) is 0 Å². The molecule has 0 aliphatic rings. The molecule has 4 aromatic heterocycles. The molecule has 0 spiro atoms. The van der Waals surface area contributed by atoms with E-state index in [1.165, 1.54) is 51.5 Å². The molecule has 0 radical (unpaired) electrons. The molecule has 0 amide bonds. The maximum atomic E-state index is 4.86. The summed E-state index contributed by atoms with van der Waals surface area (Å²) in [6.45, 7) is 6.89. The van der Waals surface area contributed by atoms with E-state index in [2.05, 4.69) is 74.0 Å². The molecule has 142 valence electrons. The van der Waals surface area contributed by atoms with Crippen LogP contribution in [0.1, 0.15) is 26.3 Å². The third-order valence-electron chi connectivity index (χ3n) is 5.59. The molecule has 0 bridgehead atoms. The molecule has 1 nitrogen and oxygen atoms in total. The molecule has 0 saturated carbocycles. The van der Waals surface area contributed by atoms with Crippen molar-refractivity contribution in [2.24, 2.45) is 0 Å². The second-order valence-electron chi connectivity index (χ2n) is 8.56. The molecule has 0 N–H and O–H groups in total. The molecule has 4 heterocycles. The fourth-order valence-electron chi connectivity index (χ4n) is 4.14. The average molecular weight is 430 g/mol. The first kappa shape index (κ1) is 17.6. The number of benzene rings is 2. The minimum Gasteiger partial charge on any atom is -0.255 e. The van der Waals surface area contributed by atoms with Crippen molar-refractivity contribution in [3.05, 3.63) is 65.0 Å². The molecule has 0 aliphatic carbocycles. The Morgan fingerprint density at radius 2 is 1.59 bits per heavy atom. The van der Waals surface area contributed by atoms with Crippen LogP contribution in [0.5, 0.6) is 0 Å². The summed E-state index contributed by atoms with van der Waals surface area (Å²) in [5.41, 5.74) is 3.82. The smallest absolute Gasteiger partial charge is 0.0880 e. The van der Waals surface area contributed by atoms with Crippen molar-refractivity contribution < 1.29 is 0 Å². The second kappa shape index (κ2) is 6.11. The van der Waals surface area contributed by atoms with Gasteiger partial charge in [-0.05, 0) is 75.0 Å². The van der Waals surface area contributed by atoms with Crippen LogP contribution in [0.15, 0.2) is 59.4 Å². The maximum absolute atomic E-state index is 4.86. The Bertz CT molecular complexity index is 1540. The Morgan fingerprint density at radius 3 is 2.45 bits per heavy atom. The van der Waals surface area contributed by atoms with Gasteiger partial charge in [-0.25, -0.2) is 0 Å². The molecule has 29 heavy (non-hydrogen) atoms. The van der Waals surface area contributed by atoms with Gasteiger partial charge in [0.15, 0.2) is 0 Å². The predicted molar refractivity (Wildman–Crippen MR) is 132 cm³/mol. The van der Waals surface area contributed by atoms with Crippen molar-refractivity contribution in [3.63, 3.8) is 0 Å². The van der Waals surface area contributed by atoms with E-state index in [-0.39, 0.29) is 5.41 Å². The molecule has 4 heteroatoms. The topological polar surface area (TPSA) is 12.9 Å². The van der Waals surface area contributed by atoms with E-state index in [0.29, 0.717) is 0 Å². The van der Waals surface area contributed by atoms with Crippen LogP contribution in [-0.2, 0) is 5.41 Å². The molecule has 0 fully saturated rings. The molecular formula is C25H19NS3. The van der Waals surface area contributed by atoms with Gasteiger partial charge in [0, 0.05) is 36.6 Å². The van der Waals surface area contributed by atoms with Crippen LogP contribution >= 0.6 is 34.0 Å². The van der Waals surface area contributed by atoms with E-state index >= 15 is 0 Å². The van der Waals surface area contributed by atoms with Crippen LogP contribution < -0.4 is 0 Å². The van der Waals surface area contributed by atoms with Crippen molar-refractivity contribution in [1.82, 2.24) is 4.98 Å². The van der Waals surface area contributed by atoms with Crippen LogP contribution in [0.25, 0.3) is 51.6 Å². The highest BCUT2D eigenvalue weighted by Gasteiger charge is 2.21. The minimum atomic E-state index is 0.0948. The average Bonchev–Trinajstić information content (AvgIpc) is 3.41. The highest BCUT2D eigenvalue weighted by molar-refractivity contribution is 7.26. The van der Waals surface area contributed by atoms with Gasteiger partial charge in [0.1, 0.15) is 0 Å².